The van der Waals surface area contributed by atoms with Crippen LogP contribution in [0, 0.1) is 13.8 Å². The standard InChI is InChI=1S/C29H38N6O/c1-18-7-6-8-19(2)27(18)28-30-24-12-13-34(26-16-25(21-9-10-21)32-33(26)4)17-23(24)29(31-28)35-14-11-22(36-5)15-20(35)3/h6-8,16,20-22H,9-15,17H2,1-5H3. The molecule has 36 heavy (non-hydrogen) atoms. The highest BCUT2D eigenvalue weighted by Gasteiger charge is 2.33. The van der Waals surface area contributed by atoms with Crippen LogP contribution in [0.25, 0.3) is 11.4 Å². The van der Waals surface area contributed by atoms with Crippen LogP contribution in [0.4, 0.5) is 11.6 Å². The Bertz CT molecular complexity index is 1260. The van der Waals surface area contributed by atoms with Crippen molar-refractivity contribution >= 4 is 11.6 Å². The fraction of sp³-hybridized carbons (Fsp3) is 0.552. The molecule has 0 spiro atoms. The maximum Gasteiger partial charge on any atom is 0.162 e. The SMILES string of the molecule is COC1CCN(c2nc(-c3c(C)cccc3C)nc3c2CN(c2cc(C4CC4)nn2C)CC3)C(C)C1. The molecule has 1 aromatic carbocycles. The average Bonchev–Trinajstić information content (AvgIpc) is 3.65. The van der Waals surface area contributed by atoms with Crippen molar-refractivity contribution in [2.24, 2.45) is 7.05 Å². The number of ether oxygens (including phenoxy) is 1. The Morgan fingerprint density at radius 1 is 1.03 bits per heavy atom. The van der Waals surface area contributed by atoms with Crippen LogP contribution in [0.3, 0.4) is 0 Å². The molecule has 1 saturated heterocycles. The number of fused-ring (bicyclic) bond motifs is 1. The number of rotatable bonds is 5. The van der Waals surface area contributed by atoms with E-state index >= 15 is 0 Å². The number of aryl methyl sites for hydroxylation is 3. The minimum atomic E-state index is 0.318. The Morgan fingerprint density at radius 2 is 1.81 bits per heavy atom. The molecule has 0 radical (unpaired) electrons. The minimum absolute atomic E-state index is 0.318. The van der Waals surface area contributed by atoms with Crippen molar-refractivity contribution in [1.82, 2.24) is 19.7 Å². The van der Waals surface area contributed by atoms with Crippen LogP contribution in [0.5, 0.6) is 0 Å². The number of hydrogen-bond acceptors (Lipinski definition) is 6. The van der Waals surface area contributed by atoms with Crippen LogP contribution in [-0.4, -0.2) is 52.1 Å². The summed E-state index contributed by atoms with van der Waals surface area (Å²) >= 11 is 0. The molecular formula is C29H38N6O. The van der Waals surface area contributed by atoms with E-state index in [4.69, 9.17) is 19.8 Å². The minimum Gasteiger partial charge on any atom is -0.381 e. The maximum atomic E-state index is 5.72. The van der Waals surface area contributed by atoms with Crippen molar-refractivity contribution in [1.29, 1.82) is 0 Å². The van der Waals surface area contributed by atoms with Gasteiger partial charge in [0.05, 0.1) is 17.5 Å². The Hall–Kier alpha value is -2.93. The van der Waals surface area contributed by atoms with E-state index in [-0.39, 0.29) is 0 Å². The van der Waals surface area contributed by atoms with Gasteiger partial charge < -0.3 is 14.5 Å². The molecule has 3 aromatic rings. The van der Waals surface area contributed by atoms with E-state index < -0.39 is 0 Å². The molecule has 6 rings (SSSR count). The van der Waals surface area contributed by atoms with Gasteiger partial charge in [0.15, 0.2) is 5.82 Å². The van der Waals surface area contributed by atoms with Crippen molar-refractivity contribution in [2.45, 2.75) is 77.5 Å². The first kappa shape index (κ1) is 23.5. The van der Waals surface area contributed by atoms with Crippen molar-refractivity contribution in [3.05, 3.63) is 52.3 Å². The van der Waals surface area contributed by atoms with Gasteiger partial charge in [0.25, 0.3) is 0 Å². The van der Waals surface area contributed by atoms with Gasteiger partial charge in [0.2, 0.25) is 0 Å². The lowest BCUT2D eigenvalue weighted by molar-refractivity contribution is 0.0719. The molecule has 2 atom stereocenters. The third-order valence-electron chi connectivity index (χ3n) is 8.37. The van der Waals surface area contributed by atoms with Crippen LogP contribution in [-0.2, 0) is 24.8 Å². The van der Waals surface area contributed by atoms with E-state index in [2.05, 4.69) is 66.6 Å². The van der Waals surface area contributed by atoms with E-state index in [0.29, 0.717) is 18.1 Å². The molecule has 2 unspecified atom stereocenters. The number of aromatic nitrogens is 4. The van der Waals surface area contributed by atoms with Crippen molar-refractivity contribution in [3.8, 4) is 11.4 Å². The number of hydrogen-bond donors (Lipinski definition) is 0. The van der Waals surface area contributed by atoms with Crippen molar-refractivity contribution in [3.63, 3.8) is 0 Å². The molecule has 7 nitrogen and oxygen atoms in total. The van der Waals surface area contributed by atoms with Gasteiger partial charge in [-0.1, -0.05) is 18.2 Å². The molecule has 1 aliphatic carbocycles. The van der Waals surface area contributed by atoms with E-state index in [1.54, 1.807) is 0 Å². The lowest BCUT2D eigenvalue weighted by Gasteiger charge is -2.40. The monoisotopic (exact) mass is 486 g/mol. The molecule has 0 amide bonds. The number of anilines is 2. The summed E-state index contributed by atoms with van der Waals surface area (Å²) in [6.07, 6.45) is 5.81. The van der Waals surface area contributed by atoms with Crippen molar-refractivity contribution < 1.29 is 4.74 Å². The summed E-state index contributed by atoms with van der Waals surface area (Å²) in [7, 11) is 3.91. The van der Waals surface area contributed by atoms with E-state index in [0.717, 1.165) is 50.5 Å². The number of nitrogens with zero attached hydrogens (tertiary/aromatic N) is 6. The third kappa shape index (κ3) is 4.17. The van der Waals surface area contributed by atoms with Crippen LogP contribution in [0.2, 0.25) is 0 Å². The first-order valence-electron chi connectivity index (χ1n) is 13.5. The molecule has 0 bridgehead atoms. The summed E-state index contributed by atoms with van der Waals surface area (Å²) in [6, 6.07) is 9.12. The normalized spacial score (nSPS) is 22.1. The third-order valence-corrected chi connectivity index (χ3v) is 8.37. The van der Waals surface area contributed by atoms with Crippen LogP contribution in [0.1, 0.15) is 66.6 Å². The fourth-order valence-electron chi connectivity index (χ4n) is 6.12. The van der Waals surface area contributed by atoms with Gasteiger partial charge in [0.1, 0.15) is 11.6 Å². The molecule has 7 heteroatoms. The molecule has 190 valence electrons. The van der Waals surface area contributed by atoms with Gasteiger partial charge in [-0.15, -0.1) is 0 Å². The van der Waals surface area contributed by atoms with E-state index in [9.17, 15) is 0 Å². The topological polar surface area (TPSA) is 59.3 Å². The van der Waals surface area contributed by atoms with Crippen LogP contribution >= 0.6 is 0 Å². The first-order valence-corrected chi connectivity index (χ1v) is 13.5. The zero-order valence-corrected chi connectivity index (χ0v) is 22.3. The van der Waals surface area contributed by atoms with Gasteiger partial charge in [-0.2, -0.15) is 5.10 Å². The van der Waals surface area contributed by atoms with Gasteiger partial charge in [-0.05, 0) is 57.6 Å². The molecule has 2 fully saturated rings. The second-order valence-corrected chi connectivity index (χ2v) is 11.0. The zero-order valence-electron chi connectivity index (χ0n) is 22.3. The van der Waals surface area contributed by atoms with Crippen LogP contribution in [0.15, 0.2) is 24.3 Å². The highest BCUT2D eigenvalue weighted by Crippen LogP contribution is 2.41. The summed E-state index contributed by atoms with van der Waals surface area (Å²) in [4.78, 5) is 15.5. The highest BCUT2D eigenvalue weighted by atomic mass is 16.5. The molecule has 0 N–H and O–H groups in total. The lowest BCUT2D eigenvalue weighted by Crippen LogP contribution is -2.45. The maximum absolute atomic E-state index is 5.72. The molecule has 4 heterocycles. The van der Waals surface area contributed by atoms with Gasteiger partial charge in [-0.3, -0.25) is 4.68 Å². The quantitative estimate of drug-likeness (QED) is 0.509. The van der Waals surface area contributed by atoms with Gasteiger partial charge in [-0.25, -0.2) is 9.97 Å². The van der Waals surface area contributed by atoms with E-state index in [1.807, 2.05) is 7.11 Å². The Balaban J connectivity index is 1.42. The Morgan fingerprint density at radius 3 is 2.50 bits per heavy atom. The smallest absolute Gasteiger partial charge is 0.162 e. The lowest BCUT2D eigenvalue weighted by atomic mass is 9.97. The second-order valence-electron chi connectivity index (χ2n) is 11.0. The molecule has 1 saturated carbocycles. The number of benzene rings is 1. The predicted octanol–water partition coefficient (Wildman–Crippen LogP) is 4.94. The second kappa shape index (κ2) is 9.18. The van der Waals surface area contributed by atoms with Crippen molar-refractivity contribution in [2.75, 3.05) is 30.0 Å². The van der Waals surface area contributed by atoms with E-state index in [1.165, 1.54) is 52.3 Å². The zero-order chi connectivity index (χ0) is 25.0. The summed E-state index contributed by atoms with van der Waals surface area (Å²) in [5, 5.41) is 4.84. The summed E-state index contributed by atoms with van der Waals surface area (Å²) < 4.78 is 7.79. The molecule has 2 aromatic heterocycles. The summed E-state index contributed by atoms with van der Waals surface area (Å²) in [5.74, 6) is 3.83. The number of piperidine rings is 1. The summed E-state index contributed by atoms with van der Waals surface area (Å²) in [6.45, 7) is 9.35. The largest absolute Gasteiger partial charge is 0.381 e. The number of methoxy groups -OCH3 is 1. The van der Waals surface area contributed by atoms with Crippen LogP contribution < -0.4 is 9.80 Å². The first-order chi connectivity index (χ1) is 17.4. The van der Waals surface area contributed by atoms with Gasteiger partial charge >= 0.3 is 0 Å². The molecule has 3 aliphatic rings. The predicted molar refractivity (Wildman–Crippen MR) is 144 cm³/mol. The summed E-state index contributed by atoms with van der Waals surface area (Å²) in [5.41, 5.74) is 7.34. The molecular weight excluding hydrogens is 448 g/mol. The Kier molecular flexibility index (Phi) is 5.98. The average molecular weight is 487 g/mol. The fourth-order valence-corrected chi connectivity index (χ4v) is 6.12. The highest BCUT2D eigenvalue weighted by molar-refractivity contribution is 5.68. The van der Waals surface area contributed by atoms with Gasteiger partial charge in [0, 0.05) is 69.4 Å². The Labute approximate surface area is 214 Å². The molecule has 2 aliphatic heterocycles.